The molecule has 27 heavy (non-hydrogen) atoms. The van der Waals surface area contributed by atoms with Crippen LogP contribution in [0.3, 0.4) is 0 Å². The third-order valence-corrected chi connectivity index (χ3v) is 4.57. The number of carbonyl (C=O) groups excluding carboxylic acids is 1. The molecule has 1 unspecified atom stereocenters. The van der Waals surface area contributed by atoms with Gasteiger partial charge in [-0.2, -0.15) is 0 Å². The van der Waals surface area contributed by atoms with Crippen molar-refractivity contribution < 1.29 is 24.2 Å². The number of carboxylic acids is 1. The van der Waals surface area contributed by atoms with Gasteiger partial charge in [0.2, 0.25) is 5.91 Å². The Hall–Kier alpha value is -3.28. The fourth-order valence-electron chi connectivity index (χ4n) is 3.20. The zero-order valence-electron chi connectivity index (χ0n) is 15.1. The number of ether oxygens (including phenoxy) is 2. The van der Waals surface area contributed by atoms with Crippen molar-refractivity contribution in [1.82, 2.24) is 0 Å². The molecule has 1 amide bonds. The largest absolute Gasteiger partial charge is 0.496 e. The van der Waals surface area contributed by atoms with Crippen LogP contribution >= 0.6 is 0 Å². The number of aromatic carboxylic acids is 1. The van der Waals surface area contributed by atoms with Crippen molar-refractivity contribution in [2.24, 2.45) is 0 Å². The third kappa shape index (κ3) is 3.95. The van der Waals surface area contributed by atoms with Crippen LogP contribution < -0.4 is 14.4 Å². The maximum atomic E-state index is 12.5. The highest BCUT2D eigenvalue weighted by molar-refractivity contribution is 5.96. The van der Waals surface area contributed by atoms with Crippen molar-refractivity contribution >= 4 is 17.6 Å². The van der Waals surface area contributed by atoms with Crippen molar-refractivity contribution in [3.8, 4) is 11.5 Å². The van der Waals surface area contributed by atoms with E-state index in [2.05, 4.69) is 6.58 Å². The summed E-state index contributed by atoms with van der Waals surface area (Å²) in [7, 11) is 1.44. The highest BCUT2D eigenvalue weighted by Gasteiger charge is 2.32. The molecule has 1 aliphatic heterocycles. The van der Waals surface area contributed by atoms with Gasteiger partial charge in [0.25, 0.3) is 0 Å². The lowest BCUT2D eigenvalue weighted by molar-refractivity contribution is -0.117. The van der Waals surface area contributed by atoms with E-state index in [1.165, 1.54) is 13.2 Å². The molecule has 0 spiro atoms. The molecule has 1 aliphatic rings. The van der Waals surface area contributed by atoms with Gasteiger partial charge >= 0.3 is 5.97 Å². The van der Waals surface area contributed by atoms with Crippen LogP contribution in [0.2, 0.25) is 0 Å². The van der Waals surface area contributed by atoms with Crippen LogP contribution in [0.4, 0.5) is 5.69 Å². The van der Waals surface area contributed by atoms with Gasteiger partial charge in [0.15, 0.2) is 0 Å². The monoisotopic (exact) mass is 367 g/mol. The average Bonchev–Trinajstić information content (AvgIpc) is 3.07. The SMILES string of the molecule is C=CCOc1ccc(N2CC(c3ccc(C(=O)O)c(OC)c3)CC2=O)cc1. The molecule has 1 atom stereocenters. The van der Waals surface area contributed by atoms with Gasteiger partial charge in [0, 0.05) is 24.6 Å². The number of hydrogen-bond acceptors (Lipinski definition) is 4. The molecule has 0 radical (unpaired) electrons. The summed E-state index contributed by atoms with van der Waals surface area (Å²) in [5.74, 6) is -0.0151. The first-order chi connectivity index (χ1) is 13.0. The van der Waals surface area contributed by atoms with E-state index >= 15 is 0 Å². The molecule has 2 aromatic carbocycles. The van der Waals surface area contributed by atoms with Gasteiger partial charge in [-0.1, -0.05) is 18.7 Å². The van der Waals surface area contributed by atoms with E-state index in [4.69, 9.17) is 9.47 Å². The number of anilines is 1. The summed E-state index contributed by atoms with van der Waals surface area (Å²) in [5.41, 5.74) is 1.80. The molecule has 6 heteroatoms. The van der Waals surface area contributed by atoms with Gasteiger partial charge in [-0.15, -0.1) is 0 Å². The Labute approximate surface area is 157 Å². The molecule has 140 valence electrons. The normalized spacial score (nSPS) is 16.3. The molecule has 0 saturated carbocycles. The highest BCUT2D eigenvalue weighted by atomic mass is 16.5. The number of benzene rings is 2. The number of amides is 1. The Morgan fingerprint density at radius 3 is 2.67 bits per heavy atom. The molecule has 1 heterocycles. The molecule has 0 aliphatic carbocycles. The summed E-state index contributed by atoms with van der Waals surface area (Å²) >= 11 is 0. The van der Waals surface area contributed by atoms with Crippen molar-refractivity contribution in [3.05, 3.63) is 66.2 Å². The Morgan fingerprint density at radius 1 is 1.30 bits per heavy atom. The van der Waals surface area contributed by atoms with Gasteiger partial charge in [-0.25, -0.2) is 4.79 Å². The van der Waals surface area contributed by atoms with Crippen LogP contribution in [0.15, 0.2) is 55.1 Å². The molecular weight excluding hydrogens is 346 g/mol. The van der Waals surface area contributed by atoms with Gasteiger partial charge in [-0.3, -0.25) is 4.79 Å². The number of rotatable bonds is 7. The average molecular weight is 367 g/mol. The van der Waals surface area contributed by atoms with Crippen LogP contribution in [0.25, 0.3) is 0 Å². The van der Waals surface area contributed by atoms with Crippen LogP contribution in [0, 0.1) is 0 Å². The summed E-state index contributed by atoms with van der Waals surface area (Å²) in [4.78, 5) is 25.5. The quantitative estimate of drug-likeness (QED) is 0.758. The smallest absolute Gasteiger partial charge is 0.339 e. The van der Waals surface area contributed by atoms with E-state index in [0.717, 1.165) is 17.0 Å². The Balaban J connectivity index is 1.77. The first-order valence-corrected chi connectivity index (χ1v) is 8.59. The summed E-state index contributed by atoms with van der Waals surface area (Å²) in [5, 5.41) is 9.20. The molecule has 0 bridgehead atoms. The first kappa shape index (κ1) is 18.5. The second-order valence-electron chi connectivity index (χ2n) is 6.26. The van der Waals surface area contributed by atoms with Crippen molar-refractivity contribution in [2.45, 2.75) is 12.3 Å². The number of methoxy groups -OCH3 is 1. The van der Waals surface area contributed by atoms with Crippen molar-refractivity contribution in [2.75, 3.05) is 25.2 Å². The Morgan fingerprint density at radius 2 is 2.04 bits per heavy atom. The number of hydrogen-bond donors (Lipinski definition) is 1. The Kier molecular flexibility index (Phi) is 5.45. The molecule has 1 fully saturated rings. The van der Waals surface area contributed by atoms with E-state index in [-0.39, 0.29) is 17.4 Å². The molecule has 3 rings (SSSR count). The fourth-order valence-corrected chi connectivity index (χ4v) is 3.20. The van der Waals surface area contributed by atoms with Gasteiger partial charge < -0.3 is 19.5 Å². The summed E-state index contributed by atoms with van der Waals surface area (Å²) < 4.78 is 10.7. The zero-order valence-corrected chi connectivity index (χ0v) is 15.1. The second kappa shape index (κ2) is 7.95. The number of nitrogens with zero attached hydrogens (tertiary/aromatic N) is 1. The van der Waals surface area contributed by atoms with Gasteiger partial charge in [0.05, 0.1) is 7.11 Å². The highest BCUT2D eigenvalue weighted by Crippen LogP contribution is 2.34. The fraction of sp³-hybridized carbons (Fsp3) is 0.238. The van der Waals surface area contributed by atoms with Gasteiger partial charge in [-0.05, 0) is 42.0 Å². The molecule has 1 N–H and O–H groups in total. The summed E-state index contributed by atoms with van der Waals surface area (Å²) in [6, 6.07) is 12.3. The van der Waals surface area contributed by atoms with E-state index in [1.54, 1.807) is 23.1 Å². The van der Waals surface area contributed by atoms with E-state index in [1.807, 2.05) is 24.3 Å². The minimum Gasteiger partial charge on any atom is -0.496 e. The summed E-state index contributed by atoms with van der Waals surface area (Å²) in [6.07, 6.45) is 2.04. The zero-order chi connectivity index (χ0) is 19.4. The second-order valence-corrected chi connectivity index (χ2v) is 6.26. The Bertz CT molecular complexity index is 859. The lowest BCUT2D eigenvalue weighted by Gasteiger charge is -2.18. The third-order valence-electron chi connectivity index (χ3n) is 4.57. The maximum Gasteiger partial charge on any atom is 0.339 e. The molecule has 2 aromatic rings. The lowest BCUT2D eigenvalue weighted by atomic mass is 9.96. The molecule has 6 nitrogen and oxygen atoms in total. The minimum atomic E-state index is -1.04. The van der Waals surface area contributed by atoms with Crippen LogP contribution in [-0.2, 0) is 4.79 Å². The minimum absolute atomic E-state index is 0.0223. The van der Waals surface area contributed by atoms with E-state index in [9.17, 15) is 14.7 Å². The maximum absolute atomic E-state index is 12.5. The predicted molar refractivity (Wildman–Crippen MR) is 102 cm³/mol. The van der Waals surface area contributed by atoms with Crippen molar-refractivity contribution in [1.29, 1.82) is 0 Å². The summed E-state index contributed by atoms with van der Waals surface area (Å²) in [6.45, 7) is 4.57. The van der Waals surface area contributed by atoms with Crippen LogP contribution in [0.1, 0.15) is 28.3 Å². The van der Waals surface area contributed by atoms with Crippen LogP contribution in [-0.4, -0.2) is 37.2 Å². The van der Waals surface area contributed by atoms with E-state index < -0.39 is 5.97 Å². The standard InChI is InChI=1S/C21H21NO5/c1-3-10-27-17-7-5-16(6-8-17)22-13-15(12-20(22)23)14-4-9-18(21(24)25)19(11-14)26-2/h3-9,11,15H,1,10,12-13H2,2H3,(H,24,25). The number of carbonyl (C=O) groups is 2. The molecule has 1 saturated heterocycles. The number of carboxylic acid groups (broad SMARTS) is 1. The van der Waals surface area contributed by atoms with Crippen molar-refractivity contribution in [3.63, 3.8) is 0 Å². The first-order valence-electron chi connectivity index (χ1n) is 8.59. The molecular formula is C21H21NO5. The van der Waals surface area contributed by atoms with Crippen LogP contribution in [0.5, 0.6) is 11.5 Å². The molecule has 0 aromatic heterocycles. The topological polar surface area (TPSA) is 76.1 Å². The van der Waals surface area contributed by atoms with E-state index in [0.29, 0.717) is 25.3 Å². The van der Waals surface area contributed by atoms with Gasteiger partial charge in [0.1, 0.15) is 23.7 Å². The predicted octanol–water partition coefficient (Wildman–Crippen LogP) is 3.48. The lowest BCUT2D eigenvalue weighted by Crippen LogP contribution is -2.24.